The van der Waals surface area contributed by atoms with Gasteiger partial charge in [0.25, 0.3) is 5.91 Å². The van der Waals surface area contributed by atoms with Crippen molar-refractivity contribution in [2.24, 2.45) is 11.1 Å². The summed E-state index contributed by atoms with van der Waals surface area (Å²) in [6, 6.07) is 3.08. The van der Waals surface area contributed by atoms with Gasteiger partial charge in [0.2, 0.25) is 5.88 Å². The fraction of sp³-hybridized carbons (Fsp3) is 0.400. The number of hydrogen-bond acceptors (Lipinski definition) is 4. The fourth-order valence-electron chi connectivity index (χ4n) is 2.51. The molecule has 4 N–H and O–H groups in total. The van der Waals surface area contributed by atoms with E-state index in [1.165, 1.54) is 19.4 Å². The van der Waals surface area contributed by atoms with E-state index in [0.29, 0.717) is 30.2 Å². The predicted molar refractivity (Wildman–Crippen MR) is 84.7 cm³/mol. The minimum Gasteiger partial charge on any atom is -0.481 e. The maximum Gasteiger partial charge on any atom is 0.254 e. The molecule has 0 spiro atoms. The van der Waals surface area contributed by atoms with E-state index in [-0.39, 0.29) is 16.5 Å². The first-order chi connectivity index (χ1) is 10.3. The molecular formula is C15H20ClN4O2+. The SMILES string of the molecule is COc1cc(C(=O)N2CC(C=[NH2+])=C(N)C(C)(C)C2)cc(Cl)n1. The Morgan fingerprint density at radius 1 is 1.55 bits per heavy atom. The number of carbonyl (C=O) groups excluding carboxylic acids is 1. The number of hydrogen-bond donors (Lipinski definition) is 2. The molecule has 7 heteroatoms. The Kier molecular flexibility index (Phi) is 4.42. The van der Waals surface area contributed by atoms with E-state index >= 15 is 0 Å². The van der Waals surface area contributed by atoms with E-state index in [4.69, 9.17) is 27.5 Å². The average molecular weight is 324 g/mol. The summed E-state index contributed by atoms with van der Waals surface area (Å²) in [6.07, 6.45) is 1.45. The van der Waals surface area contributed by atoms with Gasteiger partial charge in [0.1, 0.15) is 5.15 Å². The van der Waals surface area contributed by atoms with Crippen LogP contribution in [0, 0.1) is 5.41 Å². The van der Waals surface area contributed by atoms with E-state index in [1.807, 2.05) is 13.8 Å². The van der Waals surface area contributed by atoms with Crippen LogP contribution in [-0.4, -0.2) is 42.2 Å². The van der Waals surface area contributed by atoms with E-state index in [1.54, 1.807) is 11.0 Å². The van der Waals surface area contributed by atoms with Crippen molar-refractivity contribution in [3.8, 4) is 5.88 Å². The third-order valence-electron chi connectivity index (χ3n) is 3.74. The number of amides is 1. The first kappa shape index (κ1) is 16.3. The highest BCUT2D eigenvalue weighted by Gasteiger charge is 2.35. The molecule has 1 aliphatic heterocycles. The van der Waals surface area contributed by atoms with Gasteiger partial charge >= 0.3 is 0 Å². The molecule has 0 unspecified atom stereocenters. The zero-order valence-corrected chi connectivity index (χ0v) is 13.6. The summed E-state index contributed by atoms with van der Waals surface area (Å²) in [5, 5.41) is 5.84. The molecule has 0 radical (unpaired) electrons. The number of ether oxygens (including phenoxy) is 1. The Bertz CT molecular complexity index is 655. The van der Waals surface area contributed by atoms with Crippen molar-refractivity contribution in [1.82, 2.24) is 9.88 Å². The number of carbonyl (C=O) groups is 1. The Balaban J connectivity index is 2.35. The minimum absolute atomic E-state index is 0.164. The van der Waals surface area contributed by atoms with Crippen molar-refractivity contribution in [3.05, 3.63) is 34.1 Å². The van der Waals surface area contributed by atoms with Gasteiger partial charge in [0.05, 0.1) is 19.2 Å². The highest BCUT2D eigenvalue weighted by atomic mass is 35.5. The standard InChI is InChI=1S/C15H19ClN4O2/c1-15(2)8-20(7-10(6-17)13(15)18)14(21)9-4-11(16)19-12(5-9)22-3/h4-6,17H,7-8,18H2,1-3H3/p+1. The number of pyridine rings is 1. The van der Waals surface area contributed by atoms with Crippen molar-refractivity contribution in [2.75, 3.05) is 20.2 Å². The van der Waals surface area contributed by atoms with Crippen LogP contribution in [0.15, 0.2) is 23.4 Å². The van der Waals surface area contributed by atoms with Gasteiger partial charge in [0, 0.05) is 29.3 Å². The van der Waals surface area contributed by atoms with Crippen LogP contribution in [0.2, 0.25) is 5.15 Å². The molecule has 22 heavy (non-hydrogen) atoms. The van der Waals surface area contributed by atoms with Crippen LogP contribution in [0.25, 0.3) is 0 Å². The van der Waals surface area contributed by atoms with Crippen LogP contribution >= 0.6 is 11.6 Å². The molecule has 0 atom stereocenters. The van der Waals surface area contributed by atoms with Crippen molar-refractivity contribution < 1.29 is 14.9 Å². The molecular weight excluding hydrogens is 304 g/mol. The number of aromatic nitrogens is 1. The third-order valence-corrected chi connectivity index (χ3v) is 3.93. The lowest BCUT2D eigenvalue weighted by Crippen LogP contribution is -2.49. The number of halogens is 1. The average Bonchev–Trinajstić information content (AvgIpc) is 2.48. The number of rotatable bonds is 3. The molecule has 118 valence electrons. The summed E-state index contributed by atoms with van der Waals surface area (Å²) in [5.41, 5.74) is 7.66. The van der Waals surface area contributed by atoms with E-state index in [9.17, 15) is 4.79 Å². The van der Waals surface area contributed by atoms with Gasteiger partial charge in [-0.2, -0.15) is 0 Å². The monoisotopic (exact) mass is 323 g/mol. The Morgan fingerprint density at radius 2 is 2.23 bits per heavy atom. The van der Waals surface area contributed by atoms with Gasteiger partial charge in [0.15, 0.2) is 6.21 Å². The van der Waals surface area contributed by atoms with Crippen LogP contribution in [0.1, 0.15) is 24.2 Å². The molecule has 1 aromatic heterocycles. The summed E-state index contributed by atoms with van der Waals surface area (Å²) in [4.78, 5) is 18.4. The van der Waals surface area contributed by atoms with Crippen molar-refractivity contribution in [3.63, 3.8) is 0 Å². The smallest absolute Gasteiger partial charge is 0.254 e. The molecule has 0 aliphatic carbocycles. The zero-order valence-electron chi connectivity index (χ0n) is 12.9. The lowest BCUT2D eigenvalue weighted by atomic mass is 9.83. The van der Waals surface area contributed by atoms with Crippen LogP contribution in [0.3, 0.4) is 0 Å². The number of nitrogens with zero attached hydrogens (tertiary/aromatic N) is 2. The highest BCUT2D eigenvalue weighted by molar-refractivity contribution is 6.29. The molecule has 0 fully saturated rings. The van der Waals surface area contributed by atoms with Crippen LogP contribution in [0.5, 0.6) is 5.88 Å². The Morgan fingerprint density at radius 3 is 2.82 bits per heavy atom. The quantitative estimate of drug-likeness (QED) is 0.616. The van der Waals surface area contributed by atoms with Crippen molar-refractivity contribution >= 4 is 23.7 Å². The molecule has 1 aliphatic rings. The largest absolute Gasteiger partial charge is 0.481 e. The molecule has 2 rings (SSSR count). The zero-order chi connectivity index (χ0) is 16.5. The lowest BCUT2D eigenvalue weighted by molar-refractivity contribution is -0.105. The molecule has 0 bridgehead atoms. The second-order valence-corrected chi connectivity index (χ2v) is 6.26. The first-order valence-corrected chi connectivity index (χ1v) is 7.21. The topological polar surface area (TPSA) is 94.0 Å². The molecule has 0 aromatic carbocycles. The summed E-state index contributed by atoms with van der Waals surface area (Å²) in [7, 11) is 1.47. The second-order valence-electron chi connectivity index (χ2n) is 5.87. The maximum absolute atomic E-state index is 12.7. The van der Waals surface area contributed by atoms with Crippen molar-refractivity contribution in [2.45, 2.75) is 13.8 Å². The molecule has 2 heterocycles. The highest BCUT2D eigenvalue weighted by Crippen LogP contribution is 2.31. The molecule has 1 aromatic rings. The number of methoxy groups -OCH3 is 1. The Labute approximate surface area is 134 Å². The lowest BCUT2D eigenvalue weighted by Gasteiger charge is -2.38. The predicted octanol–water partition coefficient (Wildman–Crippen LogP) is 0.268. The molecule has 0 saturated carbocycles. The van der Waals surface area contributed by atoms with Gasteiger partial charge in [-0.15, -0.1) is 0 Å². The summed E-state index contributed by atoms with van der Waals surface area (Å²) in [5.74, 6) is 0.135. The van der Waals surface area contributed by atoms with Gasteiger partial charge < -0.3 is 15.4 Å². The summed E-state index contributed by atoms with van der Waals surface area (Å²) in [6.45, 7) is 4.82. The van der Waals surface area contributed by atoms with Gasteiger partial charge in [-0.05, 0) is 6.07 Å². The summed E-state index contributed by atoms with van der Waals surface area (Å²) < 4.78 is 5.05. The normalized spacial score (nSPS) is 17.4. The molecule has 0 saturated heterocycles. The van der Waals surface area contributed by atoms with E-state index < -0.39 is 0 Å². The van der Waals surface area contributed by atoms with E-state index in [0.717, 1.165) is 5.57 Å². The van der Waals surface area contributed by atoms with Gasteiger partial charge in [-0.25, -0.2) is 4.98 Å². The van der Waals surface area contributed by atoms with E-state index in [2.05, 4.69) is 4.98 Å². The first-order valence-electron chi connectivity index (χ1n) is 6.83. The van der Waals surface area contributed by atoms with Crippen LogP contribution < -0.4 is 15.9 Å². The third kappa shape index (κ3) is 3.06. The number of nitrogens with two attached hydrogens (primary N) is 2. The Hall–Kier alpha value is -2.08. The van der Waals surface area contributed by atoms with Gasteiger partial charge in [-0.1, -0.05) is 25.4 Å². The minimum atomic E-state index is -0.347. The fourth-order valence-corrected chi connectivity index (χ4v) is 2.71. The van der Waals surface area contributed by atoms with Crippen LogP contribution in [0.4, 0.5) is 0 Å². The maximum atomic E-state index is 12.7. The molecule has 6 nitrogen and oxygen atoms in total. The van der Waals surface area contributed by atoms with Crippen LogP contribution in [-0.2, 0) is 0 Å². The van der Waals surface area contributed by atoms with Gasteiger partial charge in [-0.3, -0.25) is 10.2 Å². The summed E-state index contributed by atoms with van der Waals surface area (Å²) >= 11 is 5.93. The van der Waals surface area contributed by atoms with Crippen molar-refractivity contribution in [1.29, 1.82) is 0 Å². The molecule has 1 amide bonds. The second kappa shape index (κ2) is 5.96.